The van der Waals surface area contributed by atoms with E-state index in [4.69, 9.17) is 19.8 Å². The molecule has 0 unspecified atom stereocenters. The van der Waals surface area contributed by atoms with Gasteiger partial charge in [-0.2, -0.15) is 0 Å². The average molecular weight is 739 g/mol. The molecule has 10 heteroatoms. The van der Waals surface area contributed by atoms with Crippen molar-refractivity contribution in [3.05, 3.63) is 13.1 Å². The van der Waals surface area contributed by atoms with Crippen LogP contribution in [0.5, 0.6) is 0 Å². The Morgan fingerprint density at radius 3 is 0.853 bits per heavy atom. The van der Waals surface area contributed by atoms with Crippen LogP contribution in [0.3, 0.4) is 0 Å². The van der Waals surface area contributed by atoms with E-state index in [-0.39, 0.29) is 0 Å². The summed E-state index contributed by atoms with van der Waals surface area (Å²) < 4.78 is 40.3. The van der Waals surface area contributed by atoms with Crippen molar-refractivity contribution in [1.82, 2.24) is 0 Å². The van der Waals surface area contributed by atoms with E-state index in [0.29, 0.717) is 0 Å². The van der Waals surface area contributed by atoms with Crippen LogP contribution in [0.15, 0.2) is 0 Å². The molecule has 213 valence electrons. The van der Waals surface area contributed by atoms with Gasteiger partial charge < -0.3 is 17.6 Å². The van der Waals surface area contributed by atoms with Crippen molar-refractivity contribution >= 4 is 16.1 Å². The predicted octanol–water partition coefficient (Wildman–Crippen LogP) is 7.06. The van der Waals surface area contributed by atoms with E-state index in [0.717, 1.165) is 18.2 Å². The van der Waals surface area contributed by atoms with Crippen LogP contribution in [0.1, 0.15) is 79.1 Å². The van der Waals surface area contributed by atoms with Gasteiger partial charge in [-0.1, -0.05) is 92.7 Å². The van der Waals surface area contributed by atoms with Crippen molar-refractivity contribution in [3.63, 3.8) is 0 Å². The first-order valence-corrected chi connectivity index (χ1v) is 23.4. The van der Waals surface area contributed by atoms with E-state index in [1.54, 1.807) is 0 Å². The molecule has 0 radical (unpaired) electrons. The Kier molecular flexibility index (Phi) is 35.3. The van der Waals surface area contributed by atoms with Gasteiger partial charge >= 0.3 is 51.6 Å². The normalized spacial score (nSPS) is 11.3. The number of quaternary nitrogens is 1. The Balaban J connectivity index is -0.000000134. The van der Waals surface area contributed by atoms with Gasteiger partial charge in [-0.25, -0.2) is 0 Å². The maximum absolute atomic E-state index is 8.82. The van der Waals surface area contributed by atoms with Gasteiger partial charge in [0.15, 0.2) is 0 Å². The summed E-state index contributed by atoms with van der Waals surface area (Å²) in [5.74, 6) is 0. The number of rotatable bonds is 12. The molecular weight excluding hydrogens is 679 g/mol. The molecule has 0 atom stereocenters. The third kappa shape index (κ3) is 76.7. The van der Waals surface area contributed by atoms with Crippen molar-refractivity contribution in [3.8, 4) is 0 Å². The van der Waals surface area contributed by atoms with Gasteiger partial charge in [-0.15, -0.1) is 16.1 Å². The Labute approximate surface area is 228 Å². The molecule has 2 N–H and O–H groups in total. The van der Waals surface area contributed by atoms with Gasteiger partial charge in [0.2, 0.25) is 0 Å². The van der Waals surface area contributed by atoms with E-state index in [2.05, 4.69) is 80.1 Å². The van der Waals surface area contributed by atoms with Crippen LogP contribution in [-0.2, 0) is 39.5 Å². The van der Waals surface area contributed by atoms with Crippen LogP contribution >= 0.6 is 0 Å². The third-order valence-corrected chi connectivity index (χ3v) is 3.94. The van der Waals surface area contributed by atoms with Crippen molar-refractivity contribution < 1.29 is 52.3 Å². The van der Waals surface area contributed by atoms with Crippen molar-refractivity contribution in [2.24, 2.45) is 0 Å². The minimum atomic E-state index is -5.25. The summed E-state index contributed by atoms with van der Waals surface area (Å²) in [7, 11) is -1.72. The fourth-order valence-electron chi connectivity index (χ4n) is 2.64. The zero-order valence-electron chi connectivity index (χ0n) is 24.3. The summed E-state index contributed by atoms with van der Waals surface area (Å²) in [5.41, 5.74) is 0. The molecule has 34 heavy (non-hydrogen) atoms. The summed E-state index contributed by atoms with van der Waals surface area (Å²) >= 11 is -4.39. The molecule has 0 fully saturated rings. The van der Waals surface area contributed by atoms with Gasteiger partial charge in [0.1, 0.15) is 0 Å². The van der Waals surface area contributed by atoms with Gasteiger partial charge in [-0.3, -0.25) is 0 Å². The van der Waals surface area contributed by atoms with Crippen LogP contribution < -0.4 is 0 Å². The summed E-state index contributed by atoms with van der Waals surface area (Å²) in [6.45, 7) is 36.1. The zero-order chi connectivity index (χ0) is 28.5. The van der Waals surface area contributed by atoms with E-state index in [1.165, 1.54) is 82.0 Å². The van der Waals surface area contributed by atoms with Gasteiger partial charge in [0, 0.05) is 0 Å². The van der Waals surface area contributed by atoms with Crippen molar-refractivity contribution in [1.29, 1.82) is 3.88 Å². The molecule has 0 aliphatic heterocycles. The molecule has 0 saturated carbocycles. The number of unbranched alkanes of at least 4 members (excludes halogenated alkanes) is 4. The van der Waals surface area contributed by atoms with Gasteiger partial charge in [0.25, 0.3) is 0 Å². The summed E-state index contributed by atoms with van der Waals surface area (Å²) in [5, 5.41) is 0. The monoisotopic (exact) mass is 740 g/mol. The van der Waals surface area contributed by atoms with Crippen molar-refractivity contribution in [2.75, 3.05) is 26.2 Å². The van der Waals surface area contributed by atoms with E-state index >= 15 is 0 Å². The molecular formula is C24H60CrN2O4OsSi2-. The van der Waals surface area contributed by atoms with Crippen LogP contribution in [0.4, 0.5) is 0 Å². The number of hydrogen-bond donors (Lipinski definition) is 2. The minimum absolute atomic E-state index is 0.861. The maximum atomic E-state index is 8.82. The SMILES string of the molecule is CCCC[N+](CCCC)(CCCC)CCCC.[CH2-][Si](C)(C)C.[CH2-][Si](C)(C)C.[N]#[Os].[O]=[Cr](=[O])([OH])[OH]. The van der Waals surface area contributed by atoms with Crippen LogP contribution in [-0.4, -0.2) is 55.1 Å². The molecule has 0 spiro atoms. The van der Waals surface area contributed by atoms with Crippen LogP contribution in [0, 0.1) is 17.0 Å². The second-order valence-corrected chi connectivity index (χ2v) is 22.9. The Morgan fingerprint density at radius 1 is 0.647 bits per heavy atom. The fourth-order valence-corrected chi connectivity index (χ4v) is 2.64. The first-order valence-electron chi connectivity index (χ1n) is 12.7. The molecule has 0 bridgehead atoms. The molecule has 0 aromatic carbocycles. The second-order valence-electron chi connectivity index (χ2n) is 11.2. The molecule has 0 aliphatic rings. The molecule has 6 nitrogen and oxygen atoms in total. The Bertz CT molecular complexity index is 466. The van der Waals surface area contributed by atoms with Gasteiger partial charge in [0.05, 0.1) is 26.2 Å². The molecule has 0 aliphatic carbocycles. The molecule has 0 aromatic heterocycles. The quantitative estimate of drug-likeness (QED) is 0.127. The first-order chi connectivity index (χ1) is 15.2. The molecule has 0 rings (SSSR count). The Hall–Kier alpha value is 0.793. The average Bonchev–Trinajstić information content (AvgIpc) is 2.64. The third-order valence-electron chi connectivity index (χ3n) is 3.94. The Morgan fingerprint density at radius 2 is 0.765 bits per heavy atom. The predicted molar refractivity (Wildman–Crippen MR) is 144 cm³/mol. The molecule has 0 aromatic rings. The molecule has 0 heterocycles. The summed E-state index contributed by atoms with van der Waals surface area (Å²) in [4.78, 5) is 0. The first kappa shape index (κ1) is 44.8. The molecule has 0 saturated heterocycles. The number of nitrogens with zero attached hydrogens (tertiary/aromatic N) is 2. The summed E-state index contributed by atoms with van der Waals surface area (Å²) in [6.07, 6.45) is 11.1. The molecule has 0 amide bonds. The van der Waals surface area contributed by atoms with E-state index in [9.17, 15) is 0 Å². The van der Waals surface area contributed by atoms with Crippen LogP contribution in [0.2, 0.25) is 39.3 Å². The number of hydrogen-bond acceptors (Lipinski definition) is 3. The van der Waals surface area contributed by atoms with E-state index < -0.39 is 29.8 Å². The fraction of sp³-hybridized carbons (Fsp3) is 0.917. The second kappa shape index (κ2) is 26.8. The zero-order valence-corrected chi connectivity index (χ0v) is 30.1. The topological polar surface area (TPSA) is 98.4 Å². The van der Waals surface area contributed by atoms with E-state index in [1.807, 2.05) is 0 Å². The van der Waals surface area contributed by atoms with Crippen molar-refractivity contribution in [2.45, 2.75) is 118 Å². The van der Waals surface area contributed by atoms with Crippen LogP contribution in [0.25, 0.3) is 0 Å². The van der Waals surface area contributed by atoms with Gasteiger partial charge in [-0.05, 0) is 25.7 Å². The summed E-state index contributed by atoms with van der Waals surface area (Å²) in [6, 6.07) is 0. The standard InChI is InChI=1S/C16H36N.2C4H11Si.Cr.N.2H2O.2O.Os/c1-5-9-13-17(14-10-6-2,15-11-7-3)16-12-8-4;2*1-5(2,3)4;;;;;;;/h5-16H2,1-4H3;2*1H2,2-4H3;;;2*1H2;;;/q+1;2*-1;+2;;;;;;/p-2.